The first-order chi connectivity index (χ1) is 14.5. The zero-order valence-electron chi connectivity index (χ0n) is 17.3. The SMILES string of the molecule is Cc1ccc(C(CNC(=O)CNC(=O)NCc2ccc(Cl)cc2)N2CCCC2)cc1. The Morgan fingerprint density at radius 2 is 1.63 bits per heavy atom. The summed E-state index contributed by atoms with van der Waals surface area (Å²) in [6, 6.07) is 15.5. The van der Waals surface area contributed by atoms with Crippen LogP contribution >= 0.6 is 11.6 Å². The van der Waals surface area contributed by atoms with Gasteiger partial charge in [-0.2, -0.15) is 0 Å². The van der Waals surface area contributed by atoms with E-state index < -0.39 is 0 Å². The van der Waals surface area contributed by atoms with Crippen LogP contribution in [-0.2, 0) is 11.3 Å². The summed E-state index contributed by atoms with van der Waals surface area (Å²) in [5.41, 5.74) is 3.36. The Balaban J connectivity index is 1.43. The van der Waals surface area contributed by atoms with Crippen LogP contribution < -0.4 is 16.0 Å². The first-order valence-electron chi connectivity index (χ1n) is 10.3. The van der Waals surface area contributed by atoms with Gasteiger partial charge in [0.15, 0.2) is 0 Å². The molecule has 7 heteroatoms. The van der Waals surface area contributed by atoms with Gasteiger partial charge in [0, 0.05) is 18.1 Å². The van der Waals surface area contributed by atoms with E-state index in [0.29, 0.717) is 18.1 Å². The van der Waals surface area contributed by atoms with Crippen LogP contribution in [0.15, 0.2) is 48.5 Å². The first-order valence-corrected chi connectivity index (χ1v) is 10.7. The third-order valence-corrected chi connectivity index (χ3v) is 5.56. The van der Waals surface area contributed by atoms with Crippen molar-refractivity contribution in [1.29, 1.82) is 0 Å². The van der Waals surface area contributed by atoms with Gasteiger partial charge in [-0.25, -0.2) is 4.79 Å². The number of benzene rings is 2. The molecule has 2 aromatic carbocycles. The normalized spacial score (nSPS) is 14.9. The van der Waals surface area contributed by atoms with Crippen LogP contribution in [-0.4, -0.2) is 43.0 Å². The molecule has 1 aliphatic rings. The minimum Gasteiger partial charge on any atom is -0.353 e. The molecule has 0 radical (unpaired) electrons. The van der Waals surface area contributed by atoms with E-state index in [9.17, 15) is 9.59 Å². The van der Waals surface area contributed by atoms with E-state index in [4.69, 9.17) is 11.6 Å². The fourth-order valence-corrected chi connectivity index (χ4v) is 3.71. The molecule has 1 saturated heterocycles. The highest BCUT2D eigenvalue weighted by Gasteiger charge is 2.23. The van der Waals surface area contributed by atoms with Crippen molar-refractivity contribution in [3.05, 3.63) is 70.2 Å². The Morgan fingerprint density at radius 1 is 0.967 bits per heavy atom. The summed E-state index contributed by atoms with van der Waals surface area (Å²) in [6.45, 7) is 4.98. The lowest BCUT2D eigenvalue weighted by Crippen LogP contribution is -2.44. The zero-order valence-corrected chi connectivity index (χ0v) is 18.0. The number of carbonyl (C=O) groups is 2. The molecule has 0 spiro atoms. The molecule has 0 aliphatic carbocycles. The van der Waals surface area contributed by atoms with Crippen LogP contribution in [0, 0.1) is 6.92 Å². The van der Waals surface area contributed by atoms with E-state index in [1.807, 2.05) is 12.1 Å². The van der Waals surface area contributed by atoms with Crippen LogP contribution in [0.4, 0.5) is 4.79 Å². The maximum atomic E-state index is 12.3. The number of halogens is 1. The van der Waals surface area contributed by atoms with Crippen molar-refractivity contribution in [3.8, 4) is 0 Å². The van der Waals surface area contributed by atoms with Gasteiger partial charge in [-0.15, -0.1) is 0 Å². The predicted octanol–water partition coefficient (Wildman–Crippen LogP) is 3.40. The highest BCUT2D eigenvalue weighted by Crippen LogP contribution is 2.24. The Bertz CT molecular complexity index is 833. The second-order valence-corrected chi connectivity index (χ2v) is 8.07. The molecular formula is C23H29ClN4O2. The Hall–Kier alpha value is -2.57. The molecule has 0 saturated carbocycles. The maximum Gasteiger partial charge on any atom is 0.315 e. The van der Waals surface area contributed by atoms with Gasteiger partial charge < -0.3 is 16.0 Å². The van der Waals surface area contributed by atoms with Crippen molar-refractivity contribution in [1.82, 2.24) is 20.9 Å². The first kappa shape index (κ1) is 22.1. The molecule has 3 N–H and O–H groups in total. The quantitative estimate of drug-likeness (QED) is 0.603. The minimum absolute atomic E-state index is 0.0624. The van der Waals surface area contributed by atoms with Gasteiger partial charge in [0.25, 0.3) is 0 Å². The van der Waals surface area contributed by atoms with Crippen LogP contribution in [0.2, 0.25) is 5.02 Å². The van der Waals surface area contributed by atoms with Crippen LogP contribution in [0.5, 0.6) is 0 Å². The summed E-state index contributed by atoms with van der Waals surface area (Å²) in [5, 5.41) is 8.96. The van der Waals surface area contributed by atoms with Gasteiger partial charge in [0.05, 0.1) is 12.6 Å². The van der Waals surface area contributed by atoms with Crippen LogP contribution in [0.1, 0.15) is 35.6 Å². The third kappa shape index (κ3) is 6.75. The lowest BCUT2D eigenvalue weighted by Gasteiger charge is -2.28. The Morgan fingerprint density at radius 3 is 2.30 bits per heavy atom. The summed E-state index contributed by atoms with van der Waals surface area (Å²) in [5.74, 6) is -0.201. The van der Waals surface area contributed by atoms with Crippen molar-refractivity contribution < 1.29 is 9.59 Å². The molecule has 1 atom stereocenters. The number of urea groups is 1. The molecule has 160 valence electrons. The van der Waals surface area contributed by atoms with Crippen molar-refractivity contribution in [2.75, 3.05) is 26.2 Å². The molecule has 0 bridgehead atoms. The fraction of sp³-hybridized carbons (Fsp3) is 0.391. The Labute approximate surface area is 183 Å². The van der Waals surface area contributed by atoms with Gasteiger partial charge >= 0.3 is 6.03 Å². The van der Waals surface area contributed by atoms with Crippen molar-refractivity contribution >= 4 is 23.5 Å². The molecule has 1 fully saturated rings. The molecular weight excluding hydrogens is 400 g/mol. The standard InChI is InChI=1S/C23H29ClN4O2/c1-17-4-8-19(9-5-17)21(28-12-2-3-13-28)15-25-22(29)16-27-23(30)26-14-18-6-10-20(24)11-7-18/h4-11,21H,2-3,12-16H2,1H3,(H,25,29)(H2,26,27,30). The number of amides is 3. The molecule has 1 unspecified atom stereocenters. The summed E-state index contributed by atoms with van der Waals surface area (Å²) >= 11 is 5.85. The monoisotopic (exact) mass is 428 g/mol. The summed E-state index contributed by atoms with van der Waals surface area (Å²) in [6.07, 6.45) is 2.37. The molecule has 30 heavy (non-hydrogen) atoms. The second-order valence-electron chi connectivity index (χ2n) is 7.64. The van der Waals surface area contributed by atoms with Crippen molar-refractivity contribution in [2.45, 2.75) is 32.4 Å². The molecule has 1 heterocycles. The zero-order chi connectivity index (χ0) is 21.3. The molecule has 3 rings (SSSR count). The summed E-state index contributed by atoms with van der Waals surface area (Å²) < 4.78 is 0. The average molecular weight is 429 g/mol. The Kier molecular flexibility index (Phi) is 8.11. The number of likely N-dealkylation sites (tertiary alicyclic amines) is 1. The predicted molar refractivity (Wildman–Crippen MR) is 119 cm³/mol. The highest BCUT2D eigenvalue weighted by atomic mass is 35.5. The average Bonchev–Trinajstić information content (AvgIpc) is 3.28. The largest absolute Gasteiger partial charge is 0.353 e. The van der Waals surface area contributed by atoms with Crippen molar-refractivity contribution in [2.24, 2.45) is 0 Å². The van der Waals surface area contributed by atoms with E-state index in [0.717, 1.165) is 18.7 Å². The van der Waals surface area contributed by atoms with Crippen LogP contribution in [0.3, 0.4) is 0 Å². The van der Waals surface area contributed by atoms with Gasteiger partial charge in [-0.05, 0) is 56.1 Å². The molecule has 0 aromatic heterocycles. The second kappa shape index (κ2) is 11.0. The number of nitrogens with zero attached hydrogens (tertiary/aromatic N) is 1. The van der Waals surface area contributed by atoms with Crippen LogP contribution in [0.25, 0.3) is 0 Å². The molecule has 2 aromatic rings. The highest BCUT2D eigenvalue weighted by molar-refractivity contribution is 6.30. The van der Waals surface area contributed by atoms with E-state index in [1.165, 1.54) is 24.0 Å². The minimum atomic E-state index is -0.380. The van der Waals surface area contributed by atoms with E-state index in [-0.39, 0.29) is 24.5 Å². The summed E-state index contributed by atoms with van der Waals surface area (Å²) in [7, 11) is 0. The topological polar surface area (TPSA) is 73.5 Å². The van der Waals surface area contributed by atoms with E-state index in [2.05, 4.69) is 52.0 Å². The summed E-state index contributed by atoms with van der Waals surface area (Å²) in [4.78, 5) is 26.6. The number of nitrogens with one attached hydrogen (secondary N) is 3. The molecule has 6 nitrogen and oxygen atoms in total. The van der Waals surface area contributed by atoms with Gasteiger partial charge in [0.2, 0.25) is 5.91 Å². The number of carbonyl (C=O) groups excluding carboxylic acids is 2. The smallest absolute Gasteiger partial charge is 0.315 e. The molecule has 3 amide bonds. The van der Waals surface area contributed by atoms with Gasteiger partial charge in [-0.3, -0.25) is 9.69 Å². The lowest BCUT2D eigenvalue weighted by atomic mass is 10.0. The third-order valence-electron chi connectivity index (χ3n) is 5.31. The number of aryl methyl sites for hydroxylation is 1. The number of rotatable bonds is 8. The van der Waals surface area contributed by atoms with E-state index >= 15 is 0 Å². The van der Waals surface area contributed by atoms with E-state index in [1.54, 1.807) is 12.1 Å². The van der Waals surface area contributed by atoms with Gasteiger partial charge in [0.1, 0.15) is 0 Å². The maximum absolute atomic E-state index is 12.3. The number of hydrogen-bond acceptors (Lipinski definition) is 3. The van der Waals surface area contributed by atoms with Crippen molar-refractivity contribution in [3.63, 3.8) is 0 Å². The fourth-order valence-electron chi connectivity index (χ4n) is 3.58. The molecule has 1 aliphatic heterocycles. The van der Waals surface area contributed by atoms with Gasteiger partial charge in [-0.1, -0.05) is 53.6 Å². The number of hydrogen-bond donors (Lipinski definition) is 3. The lowest BCUT2D eigenvalue weighted by molar-refractivity contribution is -0.120.